The molecule has 1 aromatic rings. The van der Waals surface area contributed by atoms with Crippen molar-refractivity contribution >= 4 is 11.7 Å². The summed E-state index contributed by atoms with van der Waals surface area (Å²) < 4.78 is 0. The SMILES string of the molecule is CCC1(CC)CC(C(=O)O)(c2ccc([N+](=O)[O-])cc2)C1. The van der Waals surface area contributed by atoms with E-state index in [9.17, 15) is 20.0 Å². The lowest BCUT2D eigenvalue weighted by atomic mass is 9.48. The molecule has 0 aliphatic heterocycles. The van der Waals surface area contributed by atoms with Crippen LogP contribution in [0.3, 0.4) is 0 Å². The Balaban J connectivity index is 2.32. The standard InChI is InChI=1S/C15H19NO4/c1-3-14(4-2)9-15(10-14,13(17)18)11-5-7-12(8-6-11)16(19)20/h5-8H,3-4,9-10H2,1-2H3,(H,17,18). The minimum atomic E-state index is -0.874. The predicted molar refractivity (Wildman–Crippen MR) is 74.7 cm³/mol. The molecule has 5 nitrogen and oxygen atoms in total. The monoisotopic (exact) mass is 277 g/mol. The molecule has 0 unspecified atom stereocenters. The highest BCUT2D eigenvalue weighted by molar-refractivity contribution is 5.83. The number of carboxylic acid groups (broad SMARTS) is 1. The highest BCUT2D eigenvalue weighted by Crippen LogP contribution is 2.59. The Labute approximate surface area is 117 Å². The fraction of sp³-hybridized carbons (Fsp3) is 0.533. The largest absolute Gasteiger partial charge is 0.481 e. The van der Waals surface area contributed by atoms with E-state index in [1.54, 1.807) is 12.1 Å². The van der Waals surface area contributed by atoms with Gasteiger partial charge in [0, 0.05) is 12.1 Å². The van der Waals surface area contributed by atoms with E-state index in [2.05, 4.69) is 13.8 Å². The lowest BCUT2D eigenvalue weighted by Crippen LogP contribution is -2.54. The van der Waals surface area contributed by atoms with Crippen LogP contribution in [0, 0.1) is 15.5 Å². The first-order valence-electron chi connectivity index (χ1n) is 6.87. The molecule has 20 heavy (non-hydrogen) atoms. The number of hydrogen-bond acceptors (Lipinski definition) is 3. The maximum atomic E-state index is 11.7. The van der Waals surface area contributed by atoms with Gasteiger partial charge < -0.3 is 5.11 Å². The predicted octanol–water partition coefficient (Wildman–Crippen LogP) is 3.52. The van der Waals surface area contributed by atoms with Crippen molar-refractivity contribution in [3.05, 3.63) is 39.9 Å². The third-order valence-electron chi connectivity index (χ3n) is 4.89. The van der Waals surface area contributed by atoms with Crippen LogP contribution in [-0.2, 0) is 10.2 Å². The van der Waals surface area contributed by atoms with E-state index < -0.39 is 16.3 Å². The van der Waals surface area contributed by atoms with E-state index in [0.717, 1.165) is 12.8 Å². The average Bonchev–Trinajstić information content (AvgIpc) is 2.39. The van der Waals surface area contributed by atoms with E-state index >= 15 is 0 Å². The molecular formula is C15H19NO4. The number of carbonyl (C=O) groups is 1. The van der Waals surface area contributed by atoms with Crippen molar-refractivity contribution in [3.63, 3.8) is 0 Å². The summed E-state index contributed by atoms with van der Waals surface area (Å²) in [7, 11) is 0. The topological polar surface area (TPSA) is 80.4 Å². The van der Waals surface area contributed by atoms with Crippen LogP contribution in [0.1, 0.15) is 45.1 Å². The van der Waals surface area contributed by atoms with Crippen LogP contribution in [0.5, 0.6) is 0 Å². The maximum absolute atomic E-state index is 11.7. The molecule has 1 N–H and O–H groups in total. The van der Waals surface area contributed by atoms with Crippen molar-refractivity contribution in [2.24, 2.45) is 5.41 Å². The first-order valence-corrected chi connectivity index (χ1v) is 6.87. The molecule has 1 saturated carbocycles. The van der Waals surface area contributed by atoms with Gasteiger partial charge in [-0.2, -0.15) is 0 Å². The summed E-state index contributed by atoms with van der Waals surface area (Å²) in [4.78, 5) is 21.9. The number of hydrogen-bond donors (Lipinski definition) is 1. The number of nitrogens with zero attached hydrogens (tertiary/aromatic N) is 1. The number of non-ortho nitro benzene ring substituents is 1. The summed E-state index contributed by atoms with van der Waals surface area (Å²) in [6.07, 6.45) is 3.15. The Bertz CT molecular complexity index is 523. The van der Waals surface area contributed by atoms with Crippen LogP contribution < -0.4 is 0 Å². The quantitative estimate of drug-likeness (QED) is 0.659. The molecule has 0 heterocycles. The first-order chi connectivity index (χ1) is 9.39. The molecule has 1 fully saturated rings. The molecule has 0 atom stereocenters. The number of aliphatic carboxylic acids is 1. The third kappa shape index (κ3) is 2.07. The van der Waals surface area contributed by atoms with Gasteiger partial charge in [0.2, 0.25) is 0 Å². The highest BCUT2D eigenvalue weighted by Gasteiger charge is 2.58. The molecule has 1 aliphatic carbocycles. The third-order valence-corrected chi connectivity index (χ3v) is 4.89. The van der Waals surface area contributed by atoms with Gasteiger partial charge in [0.1, 0.15) is 0 Å². The summed E-state index contributed by atoms with van der Waals surface area (Å²) in [6, 6.07) is 5.94. The number of benzene rings is 1. The number of nitro groups is 1. The van der Waals surface area contributed by atoms with Crippen LogP contribution >= 0.6 is 0 Å². The maximum Gasteiger partial charge on any atom is 0.314 e. The number of rotatable bonds is 5. The zero-order chi connectivity index (χ0) is 15.0. The van der Waals surface area contributed by atoms with Crippen LogP contribution in [-0.4, -0.2) is 16.0 Å². The highest BCUT2D eigenvalue weighted by atomic mass is 16.6. The van der Waals surface area contributed by atoms with E-state index in [-0.39, 0.29) is 11.1 Å². The van der Waals surface area contributed by atoms with E-state index in [0.29, 0.717) is 18.4 Å². The Hall–Kier alpha value is -1.91. The molecule has 2 rings (SSSR count). The van der Waals surface area contributed by atoms with Gasteiger partial charge in [-0.1, -0.05) is 38.8 Å². The lowest BCUT2D eigenvalue weighted by Gasteiger charge is -2.54. The normalized spacial score (nSPS) is 19.1. The summed E-state index contributed by atoms with van der Waals surface area (Å²) in [5.74, 6) is -0.830. The fourth-order valence-corrected chi connectivity index (χ4v) is 3.36. The van der Waals surface area contributed by atoms with Crippen LogP contribution in [0.4, 0.5) is 5.69 Å². The summed E-state index contributed by atoms with van der Waals surface area (Å²) in [5, 5.41) is 20.3. The van der Waals surface area contributed by atoms with Crippen LogP contribution in [0.2, 0.25) is 0 Å². The molecule has 1 aliphatic rings. The fourth-order valence-electron chi connectivity index (χ4n) is 3.36. The number of carboxylic acids is 1. The Morgan fingerprint density at radius 3 is 2.10 bits per heavy atom. The van der Waals surface area contributed by atoms with Crippen molar-refractivity contribution in [3.8, 4) is 0 Å². The molecule has 0 amide bonds. The molecule has 0 aromatic heterocycles. The van der Waals surface area contributed by atoms with E-state index in [4.69, 9.17) is 0 Å². The molecule has 0 spiro atoms. The summed E-state index contributed by atoms with van der Waals surface area (Å²) in [6.45, 7) is 4.18. The summed E-state index contributed by atoms with van der Waals surface area (Å²) in [5.41, 5.74) is -0.111. The molecule has 5 heteroatoms. The number of nitro benzene ring substituents is 1. The molecule has 0 bridgehead atoms. The first kappa shape index (κ1) is 14.5. The second-order valence-electron chi connectivity index (χ2n) is 5.75. The Kier molecular flexibility index (Phi) is 3.54. The van der Waals surface area contributed by atoms with Gasteiger partial charge in [-0.3, -0.25) is 14.9 Å². The minimum Gasteiger partial charge on any atom is -0.481 e. The molecule has 108 valence electrons. The second-order valence-corrected chi connectivity index (χ2v) is 5.75. The van der Waals surface area contributed by atoms with Gasteiger partial charge in [0.15, 0.2) is 0 Å². The molecule has 0 radical (unpaired) electrons. The van der Waals surface area contributed by atoms with Gasteiger partial charge >= 0.3 is 5.97 Å². The van der Waals surface area contributed by atoms with Gasteiger partial charge in [-0.05, 0) is 23.8 Å². The van der Waals surface area contributed by atoms with Crippen molar-refractivity contribution in [2.75, 3.05) is 0 Å². The van der Waals surface area contributed by atoms with E-state index in [1.165, 1.54) is 12.1 Å². The smallest absolute Gasteiger partial charge is 0.314 e. The minimum absolute atomic E-state index is 0.00846. The van der Waals surface area contributed by atoms with Crippen LogP contribution in [0.15, 0.2) is 24.3 Å². The van der Waals surface area contributed by atoms with Crippen molar-refractivity contribution < 1.29 is 14.8 Å². The average molecular weight is 277 g/mol. The van der Waals surface area contributed by atoms with Crippen LogP contribution in [0.25, 0.3) is 0 Å². The second kappa shape index (κ2) is 4.89. The van der Waals surface area contributed by atoms with E-state index in [1.807, 2.05) is 0 Å². The van der Waals surface area contributed by atoms with Crippen molar-refractivity contribution in [1.29, 1.82) is 0 Å². The van der Waals surface area contributed by atoms with Gasteiger partial charge in [-0.15, -0.1) is 0 Å². The molecule has 1 aromatic carbocycles. The Morgan fingerprint density at radius 2 is 1.75 bits per heavy atom. The molecule has 0 saturated heterocycles. The van der Waals surface area contributed by atoms with Gasteiger partial charge in [0.25, 0.3) is 5.69 Å². The lowest BCUT2D eigenvalue weighted by molar-refractivity contribution is -0.384. The van der Waals surface area contributed by atoms with Crippen molar-refractivity contribution in [1.82, 2.24) is 0 Å². The van der Waals surface area contributed by atoms with Gasteiger partial charge in [-0.25, -0.2) is 0 Å². The van der Waals surface area contributed by atoms with Crippen molar-refractivity contribution in [2.45, 2.75) is 44.9 Å². The van der Waals surface area contributed by atoms with Gasteiger partial charge in [0.05, 0.1) is 10.3 Å². The zero-order valence-corrected chi connectivity index (χ0v) is 11.8. The zero-order valence-electron chi connectivity index (χ0n) is 11.8. The molecular weight excluding hydrogens is 258 g/mol. The Morgan fingerprint density at radius 1 is 1.25 bits per heavy atom. The summed E-state index contributed by atoms with van der Waals surface area (Å²) >= 11 is 0.